The number of phenolic OH excluding ortho intramolecular Hbond substituents is 1. The van der Waals surface area contributed by atoms with Crippen molar-refractivity contribution in [3.05, 3.63) is 44.1 Å². The molecule has 5 nitrogen and oxygen atoms in total. The van der Waals surface area contributed by atoms with Gasteiger partial charge in [-0.05, 0) is 23.8 Å². The highest BCUT2D eigenvalue weighted by molar-refractivity contribution is 7.91. The quantitative estimate of drug-likeness (QED) is 0.820. The number of aromatic hydroxyl groups is 1. The highest BCUT2D eigenvalue weighted by Gasteiger charge is 2.22. The zero-order valence-electron chi connectivity index (χ0n) is 11.2. The molecule has 0 aliphatic carbocycles. The van der Waals surface area contributed by atoms with E-state index in [9.17, 15) is 18.3 Å². The van der Waals surface area contributed by atoms with E-state index in [1.165, 1.54) is 31.4 Å². The van der Waals surface area contributed by atoms with Crippen molar-refractivity contribution in [3.8, 4) is 5.75 Å². The van der Waals surface area contributed by atoms with Gasteiger partial charge >= 0.3 is 5.97 Å². The first-order valence-electron chi connectivity index (χ1n) is 5.82. The number of halogens is 2. The van der Waals surface area contributed by atoms with Crippen LogP contribution in [-0.2, 0) is 20.3 Å². The van der Waals surface area contributed by atoms with Gasteiger partial charge in [0, 0.05) is 0 Å². The van der Waals surface area contributed by atoms with Crippen LogP contribution in [0.1, 0.15) is 15.9 Å². The lowest BCUT2D eigenvalue weighted by atomic mass is 10.1. The number of ether oxygens (including phenoxy) is 1. The number of thiophene rings is 1. The predicted molar refractivity (Wildman–Crippen MR) is 84.7 cm³/mol. The number of sulfone groups is 1. The van der Waals surface area contributed by atoms with Crippen LogP contribution in [0, 0.1) is 0 Å². The molecule has 22 heavy (non-hydrogen) atoms. The number of carbonyl (C=O) groups is 1. The molecule has 0 aliphatic rings. The molecule has 1 aromatic heterocycles. The first-order chi connectivity index (χ1) is 10.2. The Bertz CT molecular complexity index is 827. The molecule has 0 amide bonds. The van der Waals surface area contributed by atoms with Crippen molar-refractivity contribution in [1.29, 1.82) is 0 Å². The molecule has 0 atom stereocenters. The zero-order valence-corrected chi connectivity index (χ0v) is 14.3. The molecule has 0 radical (unpaired) electrons. The van der Waals surface area contributed by atoms with Crippen LogP contribution in [0.5, 0.6) is 5.75 Å². The summed E-state index contributed by atoms with van der Waals surface area (Å²) in [4.78, 5) is 11.3. The summed E-state index contributed by atoms with van der Waals surface area (Å²) in [5, 5.41) is 9.78. The van der Waals surface area contributed by atoms with E-state index < -0.39 is 15.8 Å². The maximum atomic E-state index is 12.3. The molecule has 0 spiro atoms. The molecule has 0 saturated heterocycles. The largest absolute Gasteiger partial charge is 0.507 e. The Morgan fingerprint density at radius 2 is 2.00 bits per heavy atom. The van der Waals surface area contributed by atoms with Crippen LogP contribution >= 0.6 is 34.5 Å². The lowest BCUT2D eigenvalue weighted by Crippen LogP contribution is -2.06. The number of rotatable bonds is 4. The van der Waals surface area contributed by atoms with Crippen LogP contribution in [0.3, 0.4) is 0 Å². The van der Waals surface area contributed by atoms with E-state index in [0.717, 1.165) is 11.3 Å². The molecule has 2 aromatic rings. The second-order valence-electron chi connectivity index (χ2n) is 4.29. The molecule has 0 bridgehead atoms. The molecule has 0 saturated carbocycles. The van der Waals surface area contributed by atoms with Crippen molar-refractivity contribution in [2.24, 2.45) is 0 Å². The van der Waals surface area contributed by atoms with E-state index in [1.807, 2.05) is 0 Å². The standard InChI is InChI=1S/C13H10Cl2O5S2/c1-20-13(17)8-3-2-7(4-9(8)16)6-22(18,19)10-5-11(14)21-12(10)15/h2-5,16H,6H2,1H3. The third kappa shape index (κ3) is 3.55. The highest BCUT2D eigenvalue weighted by atomic mass is 35.5. The summed E-state index contributed by atoms with van der Waals surface area (Å²) in [5.74, 6) is -1.44. The fourth-order valence-corrected chi connectivity index (χ4v) is 5.37. The minimum Gasteiger partial charge on any atom is -0.507 e. The van der Waals surface area contributed by atoms with Crippen LogP contribution in [0.15, 0.2) is 29.2 Å². The smallest absolute Gasteiger partial charge is 0.341 e. The van der Waals surface area contributed by atoms with Gasteiger partial charge in [-0.25, -0.2) is 13.2 Å². The first-order valence-corrected chi connectivity index (χ1v) is 9.05. The van der Waals surface area contributed by atoms with Crippen molar-refractivity contribution in [3.63, 3.8) is 0 Å². The number of methoxy groups -OCH3 is 1. The average molecular weight is 381 g/mol. The minimum atomic E-state index is -3.71. The number of phenols is 1. The van der Waals surface area contributed by atoms with E-state index >= 15 is 0 Å². The van der Waals surface area contributed by atoms with Crippen molar-refractivity contribution >= 4 is 50.3 Å². The number of carbonyl (C=O) groups excluding carboxylic acids is 1. The van der Waals surface area contributed by atoms with Crippen LogP contribution in [0.4, 0.5) is 0 Å². The lowest BCUT2D eigenvalue weighted by Gasteiger charge is -2.07. The molecule has 0 unspecified atom stereocenters. The number of benzene rings is 1. The maximum absolute atomic E-state index is 12.3. The Kier molecular flexibility index (Phi) is 5.01. The van der Waals surface area contributed by atoms with E-state index in [1.54, 1.807) is 0 Å². The molecule has 1 heterocycles. The zero-order chi connectivity index (χ0) is 16.5. The molecule has 0 aliphatic heterocycles. The summed E-state index contributed by atoms with van der Waals surface area (Å²) in [5.41, 5.74) is 0.267. The molecule has 118 valence electrons. The Labute approximate surface area is 141 Å². The van der Waals surface area contributed by atoms with Crippen LogP contribution in [-0.4, -0.2) is 26.6 Å². The van der Waals surface area contributed by atoms with Gasteiger partial charge in [-0.2, -0.15) is 0 Å². The molecule has 2 rings (SSSR count). The fourth-order valence-electron chi connectivity index (χ4n) is 1.78. The number of hydrogen-bond donors (Lipinski definition) is 1. The van der Waals surface area contributed by atoms with E-state index in [2.05, 4.69) is 4.74 Å². The third-order valence-corrected chi connectivity index (χ3v) is 6.22. The van der Waals surface area contributed by atoms with Crippen molar-refractivity contribution in [2.45, 2.75) is 10.6 Å². The van der Waals surface area contributed by atoms with Crippen LogP contribution < -0.4 is 0 Å². The Hall–Kier alpha value is -1.28. The van der Waals surface area contributed by atoms with E-state index in [0.29, 0.717) is 5.56 Å². The first kappa shape index (κ1) is 17.1. The highest BCUT2D eigenvalue weighted by Crippen LogP contribution is 2.36. The van der Waals surface area contributed by atoms with Gasteiger partial charge < -0.3 is 9.84 Å². The molecule has 9 heteroatoms. The second-order valence-corrected chi connectivity index (χ2v) is 8.53. The monoisotopic (exact) mass is 380 g/mol. The molecular formula is C13H10Cl2O5S2. The summed E-state index contributed by atoms with van der Waals surface area (Å²) in [7, 11) is -2.53. The summed E-state index contributed by atoms with van der Waals surface area (Å²) < 4.78 is 29.5. The predicted octanol–water partition coefficient (Wildman–Crippen LogP) is 3.52. The van der Waals surface area contributed by atoms with Gasteiger partial charge in [-0.3, -0.25) is 0 Å². The van der Waals surface area contributed by atoms with Crippen LogP contribution in [0.25, 0.3) is 0 Å². The summed E-state index contributed by atoms with van der Waals surface area (Å²) in [6.07, 6.45) is 0. The van der Waals surface area contributed by atoms with Crippen LogP contribution in [0.2, 0.25) is 8.67 Å². The summed E-state index contributed by atoms with van der Waals surface area (Å²) in [6.45, 7) is 0. The molecule has 1 aromatic carbocycles. The lowest BCUT2D eigenvalue weighted by molar-refractivity contribution is 0.0597. The average Bonchev–Trinajstić information content (AvgIpc) is 2.77. The van der Waals surface area contributed by atoms with Crippen molar-refractivity contribution in [2.75, 3.05) is 7.11 Å². The van der Waals surface area contributed by atoms with Gasteiger partial charge in [0.2, 0.25) is 0 Å². The summed E-state index contributed by atoms with van der Waals surface area (Å²) >= 11 is 12.6. The van der Waals surface area contributed by atoms with Gasteiger partial charge in [0.05, 0.1) is 22.1 Å². The Balaban J connectivity index is 2.33. The number of esters is 1. The SMILES string of the molecule is COC(=O)c1ccc(CS(=O)(=O)c2cc(Cl)sc2Cl)cc1O. The fraction of sp³-hybridized carbons (Fsp3) is 0.154. The second kappa shape index (κ2) is 6.45. The van der Waals surface area contributed by atoms with Gasteiger partial charge in [-0.1, -0.05) is 29.3 Å². The van der Waals surface area contributed by atoms with Gasteiger partial charge in [0.25, 0.3) is 0 Å². The summed E-state index contributed by atoms with van der Waals surface area (Å²) in [6, 6.07) is 5.21. The van der Waals surface area contributed by atoms with E-state index in [4.69, 9.17) is 23.2 Å². The van der Waals surface area contributed by atoms with Gasteiger partial charge in [-0.15, -0.1) is 11.3 Å². The topological polar surface area (TPSA) is 80.7 Å². The van der Waals surface area contributed by atoms with Gasteiger partial charge in [0.15, 0.2) is 9.84 Å². The number of hydrogen-bond acceptors (Lipinski definition) is 6. The molecular weight excluding hydrogens is 371 g/mol. The molecule has 1 N–H and O–H groups in total. The normalized spacial score (nSPS) is 11.4. The Morgan fingerprint density at radius 3 is 2.50 bits per heavy atom. The Morgan fingerprint density at radius 1 is 1.32 bits per heavy atom. The maximum Gasteiger partial charge on any atom is 0.341 e. The van der Waals surface area contributed by atoms with Crippen molar-refractivity contribution < 1.29 is 23.1 Å². The third-order valence-electron chi connectivity index (χ3n) is 2.78. The van der Waals surface area contributed by atoms with Gasteiger partial charge in [0.1, 0.15) is 15.6 Å². The van der Waals surface area contributed by atoms with Crippen molar-refractivity contribution in [1.82, 2.24) is 0 Å². The van der Waals surface area contributed by atoms with E-state index in [-0.39, 0.29) is 30.6 Å². The molecule has 0 fully saturated rings. The minimum absolute atomic E-state index is 0.0414.